The molecule has 1 aliphatic heterocycles. The number of hydrogen-bond acceptors (Lipinski definition) is 4. The summed E-state index contributed by atoms with van der Waals surface area (Å²) in [7, 11) is -3.69. The van der Waals surface area contributed by atoms with Crippen molar-refractivity contribution >= 4 is 33.2 Å². The van der Waals surface area contributed by atoms with Crippen LogP contribution >= 0.6 is 11.6 Å². The first-order chi connectivity index (χ1) is 17.3. The van der Waals surface area contributed by atoms with Gasteiger partial charge in [0.1, 0.15) is 6.04 Å². The highest BCUT2D eigenvalue weighted by atomic mass is 35.5. The second-order valence-corrected chi connectivity index (χ2v) is 11.3. The maximum Gasteiger partial charge on any atom is 0.246 e. The van der Waals surface area contributed by atoms with Crippen LogP contribution in [0.1, 0.15) is 30.5 Å². The van der Waals surface area contributed by atoms with Crippen molar-refractivity contribution in [2.24, 2.45) is 0 Å². The van der Waals surface area contributed by atoms with Crippen molar-refractivity contribution in [1.29, 1.82) is 0 Å². The molecule has 0 unspecified atom stereocenters. The second kappa shape index (κ2) is 11.5. The van der Waals surface area contributed by atoms with Gasteiger partial charge in [0.15, 0.2) is 0 Å². The summed E-state index contributed by atoms with van der Waals surface area (Å²) in [4.78, 5) is 17.8. The van der Waals surface area contributed by atoms with Gasteiger partial charge in [0.2, 0.25) is 15.9 Å². The quantitative estimate of drug-likeness (QED) is 0.423. The Morgan fingerprint density at radius 1 is 0.861 bits per heavy atom. The molecule has 0 saturated carbocycles. The molecule has 1 fully saturated rings. The Labute approximate surface area is 219 Å². The van der Waals surface area contributed by atoms with Crippen molar-refractivity contribution in [3.8, 4) is 0 Å². The highest BCUT2D eigenvalue weighted by Crippen LogP contribution is 2.30. The lowest BCUT2D eigenvalue weighted by Crippen LogP contribution is -2.56. The Bertz CT molecular complexity index is 1210. The zero-order valence-electron chi connectivity index (χ0n) is 20.6. The van der Waals surface area contributed by atoms with Gasteiger partial charge in [0.25, 0.3) is 0 Å². The van der Waals surface area contributed by atoms with Gasteiger partial charge < -0.3 is 4.90 Å². The van der Waals surface area contributed by atoms with Crippen molar-refractivity contribution in [2.75, 3.05) is 36.7 Å². The number of carbonyl (C=O) groups is 1. The molecule has 3 aromatic rings. The summed E-state index contributed by atoms with van der Waals surface area (Å²) in [5.41, 5.74) is 2.86. The summed E-state index contributed by atoms with van der Waals surface area (Å²) < 4.78 is 26.8. The smallest absolute Gasteiger partial charge is 0.246 e. The Morgan fingerprint density at radius 2 is 1.36 bits per heavy atom. The Morgan fingerprint density at radius 3 is 1.81 bits per heavy atom. The first-order valence-corrected chi connectivity index (χ1v) is 14.4. The Kier molecular flexibility index (Phi) is 8.34. The summed E-state index contributed by atoms with van der Waals surface area (Å²) in [6, 6.07) is 26.6. The van der Waals surface area contributed by atoms with Gasteiger partial charge in [-0.1, -0.05) is 79.2 Å². The van der Waals surface area contributed by atoms with Crippen molar-refractivity contribution in [2.45, 2.75) is 25.4 Å². The maximum atomic E-state index is 13.6. The third kappa shape index (κ3) is 5.91. The molecule has 190 valence electrons. The summed E-state index contributed by atoms with van der Waals surface area (Å²) >= 11 is 6.01. The van der Waals surface area contributed by atoms with Crippen LogP contribution < -0.4 is 4.31 Å². The average molecular weight is 526 g/mol. The number of sulfonamides is 1. The third-order valence-electron chi connectivity index (χ3n) is 6.61. The van der Waals surface area contributed by atoms with Crippen LogP contribution in [0.25, 0.3) is 0 Å². The van der Waals surface area contributed by atoms with Crippen molar-refractivity contribution in [3.05, 3.63) is 101 Å². The van der Waals surface area contributed by atoms with E-state index in [4.69, 9.17) is 11.6 Å². The molecule has 1 saturated heterocycles. The molecule has 1 atom stereocenters. The van der Waals surface area contributed by atoms with Gasteiger partial charge in [0.05, 0.1) is 18.0 Å². The van der Waals surface area contributed by atoms with E-state index in [1.54, 1.807) is 29.2 Å². The largest absolute Gasteiger partial charge is 0.338 e. The molecule has 0 spiro atoms. The van der Waals surface area contributed by atoms with Crippen LogP contribution in [0.15, 0.2) is 84.9 Å². The fraction of sp³-hybridized carbons (Fsp3) is 0.321. The number of carbonyl (C=O) groups excluding carboxylic acids is 1. The molecular weight excluding hydrogens is 494 g/mol. The van der Waals surface area contributed by atoms with E-state index in [2.05, 4.69) is 29.2 Å². The molecule has 0 aromatic heterocycles. The van der Waals surface area contributed by atoms with E-state index in [9.17, 15) is 13.2 Å². The van der Waals surface area contributed by atoms with Crippen LogP contribution in [0.2, 0.25) is 5.02 Å². The highest BCUT2D eigenvalue weighted by molar-refractivity contribution is 7.92. The molecule has 0 aliphatic carbocycles. The van der Waals surface area contributed by atoms with Gasteiger partial charge in [-0.15, -0.1) is 0 Å². The van der Waals surface area contributed by atoms with Crippen molar-refractivity contribution < 1.29 is 13.2 Å². The first-order valence-electron chi connectivity index (χ1n) is 12.2. The predicted molar refractivity (Wildman–Crippen MR) is 146 cm³/mol. The molecule has 1 amide bonds. The molecule has 6 nitrogen and oxygen atoms in total. The lowest BCUT2D eigenvalue weighted by Gasteiger charge is -2.41. The lowest BCUT2D eigenvalue weighted by molar-refractivity contribution is -0.134. The maximum absolute atomic E-state index is 13.6. The summed E-state index contributed by atoms with van der Waals surface area (Å²) in [5, 5.41) is 0.508. The van der Waals surface area contributed by atoms with Gasteiger partial charge in [-0.05, 0) is 41.8 Å². The number of benzene rings is 3. The van der Waals surface area contributed by atoms with Crippen molar-refractivity contribution in [3.63, 3.8) is 0 Å². The van der Waals surface area contributed by atoms with E-state index in [-0.39, 0.29) is 11.9 Å². The predicted octanol–water partition coefficient (Wildman–Crippen LogP) is 4.82. The SMILES string of the molecule is CC[C@H](C(=O)N1CCN(C(c2ccccc2)c2ccccc2)CC1)N(c1ccc(Cl)cc1)S(C)(=O)=O. The Hall–Kier alpha value is -2.87. The lowest BCUT2D eigenvalue weighted by atomic mass is 9.96. The molecule has 0 bridgehead atoms. The molecule has 1 heterocycles. The first kappa shape index (κ1) is 26.2. The van der Waals surface area contributed by atoms with Crippen LogP contribution in [-0.2, 0) is 14.8 Å². The second-order valence-electron chi connectivity index (χ2n) is 9.04. The minimum Gasteiger partial charge on any atom is -0.338 e. The summed E-state index contributed by atoms with van der Waals surface area (Å²) in [6.07, 6.45) is 1.51. The zero-order chi connectivity index (χ0) is 25.7. The van der Waals surface area contributed by atoms with Crippen LogP contribution in [0.5, 0.6) is 0 Å². The summed E-state index contributed by atoms with van der Waals surface area (Å²) in [6.45, 7) is 4.29. The molecule has 4 rings (SSSR count). The fourth-order valence-corrected chi connectivity index (χ4v) is 6.26. The highest BCUT2D eigenvalue weighted by Gasteiger charge is 2.36. The van der Waals surface area contributed by atoms with E-state index in [0.29, 0.717) is 43.3 Å². The molecule has 36 heavy (non-hydrogen) atoms. The van der Waals surface area contributed by atoms with Crippen LogP contribution in [0, 0.1) is 0 Å². The van der Waals surface area contributed by atoms with E-state index < -0.39 is 16.1 Å². The van der Waals surface area contributed by atoms with Crippen LogP contribution in [0.3, 0.4) is 0 Å². The normalized spacial score (nSPS) is 15.6. The monoisotopic (exact) mass is 525 g/mol. The topological polar surface area (TPSA) is 60.9 Å². The minimum atomic E-state index is -3.69. The van der Waals surface area contributed by atoms with Crippen LogP contribution in [0.4, 0.5) is 5.69 Å². The molecule has 1 aliphatic rings. The fourth-order valence-electron chi connectivity index (χ4n) is 4.93. The minimum absolute atomic E-state index is 0.0909. The number of nitrogens with zero attached hydrogens (tertiary/aromatic N) is 3. The van der Waals surface area contributed by atoms with Crippen LogP contribution in [-0.4, -0.2) is 62.6 Å². The molecule has 0 N–H and O–H groups in total. The number of anilines is 1. The average Bonchev–Trinajstić information content (AvgIpc) is 2.89. The number of piperazine rings is 1. The van der Waals surface area contributed by atoms with Gasteiger partial charge in [0, 0.05) is 31.2 Å². The Balaban J connectivity index is 1.53. The van der Waals surface area contributed by atoms with Crippen molar-refractivity contribution in [1.82, 2.24) is 9.80 Å². The molecule has 3 aromatic carbocycles. The molecule has 8 heteroatoms. The summed E-state index contributed by atoms with van der Waals surface area (Å²) in [5.74, 6) is -0.173. The van der Waals surface area contributed by atoms with Gasteiger partial charge in [-0.2, -0.15) is 0 Å². The van der Waals surface area contributed by atoms with E-state index in [1.165, 1.54) is 15.4 Å². The zero-order valence-corrected chi connectivity index (χ0v) is 22.2. The van der Waals surface area contributed by atoms with Gasteiger partial charge in [-0.25, -0.2) is 8.42 Å². The van der Waals surface area contributed by atoms with E-state index in [1.807, 2.05) is 43.3 Å². The number of hydrogen-bond donors (Lipinski definition) is 0. The molecular formula is C28H32ClN3O3S. The standard InChI is InChI=1S/C28H32ClN3O3S/c1-3-26(32(36(2,34)35)25-16-14-24(29)15-17-25)28(33)31-20-18-30(19-21-31)27(22-10-6-4-7-11-22)23-12-8-5-9-13-23/h4-17,26-27H,3,18-21H2,1-2H3/t26-/m1/s1. The molecule has 0 radical (unpaired) electrons. The third-order valence-corrected chi connectivity index (χ3v) is 8.05. The number of amides is 1. The van der Waals surface area contributed by atoms with E-state index in [0.717, 1.165) is 6.26 Å². The number of rotatable bonds is 8. The van der Waals surface area contributed by atoms with E-state index >= 15 is 0 Å². The van der Waals surface area contributed by atoms with Gasteiger partial charge >= 0.3 is 0 Å². The number of halogens is 1. The van der Waals surface area contributed by atoms with Gasteiger partial charge in [-0.3, -0.25) is 14.0 Å².